The topological polar surface area (TPSA) is 127 Å². The predicted molar refractivity (Wildman–Crippen MR) is 96.0 cm³/mol. The lowest BCUT2D eigenvalue weighted by Gasteiger charge is -2.42. The number of hydrogen-bond donors (Lipinski definition) is 1. The molecule has 0 saturated carbocycles. The number of carbonyl (C=O) groups excluding carboxylic acids is 3. The van der Waals surface area contributed by atoms with E-state index in [1.807, 2.05) is 0 Å². The molecule has 1 aliphatic rings. The Balaban J connectivity index is 2.30. The average molecular weight is 412 g/mol. The summed E-state index contributed by atoms with van der Waals surface area (Å²) in [7, 11) is 1.52. The van der Waals surface area contributed by atoms with Gasteiger partial charge >= 0.3 is 17.9 Å². The molecule has 10 heteroatoms. The van der Waals surface area contributed by atoms with Crippen molar-refractivity contribution in [3.05, 3.63) is 24.3 Å². The van der Waals surface area contributed by atoms with Crippen molar-refractivity contribution in [3.8, 4) is 11.5 Å². The minimum Gasteiger partial charge on any atom is -0.497 e. The SMILES string of the molecule is COc1ccc(O[C@@H]2O[C@H](COC(C)=O)[C@@H](O)[C@H](OC(C)=O)[C@H]2OC(C)=O)cc1. The molecule has 2 rings (SSSR count). The predicted octanol–water partition coefficient (Wildman–Crippen LogP) is 0.586. The van der Waals surface area contributed by atoms with Gasteiger partial charge in [0, 0.05) is 20.8 Å². The Morgan fingerprint density at radius 3 is 2.00 bits per heavy atom. The summed E-state index contributed by atoms with van der Waals surface area (Å²) in [5, 5.41) is 10.6. The number of ether oxygens (including phenoxy) is 6. The normalized spacial score (nSPS) is 26.2. The number of esters is 3. The van der Waals surface area contributed by atoms with Crippen LogP contribution in [-0.2, 0) is 33.3 Å². The number of aliphatic hydroxyl groups is 1. The Labute approximate surface area is 167 Å². The molecular formula is C19H24O10. The second-order valence-corrected chi connectivity index (χ2v) is 6.28. The van der Waals surface area contributed by atoms with Crippen LogP contribution in [0.1, 0.15) is 20.8 Å². The van der Waals surface area contributed by atoms with Crippen molar-refractivity contribution in [2.24, 2.45) is 0 Å². The molecule has 29 heavy (non-hydrogen) atoms. The lowest BCUT2D eigenvalue weighted by atomic mass is 9.98. The van der Waals surface area contributed by atoms with Crippen LogP contribution in [0.5, 0.6) is 11.5 Å². The van der Waals surface area contributed by atoms with Crippen LogP contribution >= 0.6 is 0 Å². The summed E-state index contributed by atoms with van der Waals surface area (Å²) in [5.41, 5.74) is 0. The van der Waals surface area contributed by atoms with Crippen LogP contribution < -0.4 is 9.47 Å². The van der Waals surface area contributed by atoms with E-state index in [-0.39, 0.29) is 6.61 Å². The quantitative estimate of drug-likeness (QED) is 0.502. The molecule has 0 spiro atoms. The van der Waals surface area contributed by atoms with Gasteiger partial charge in [0.25, 0.3) is 0 Å². The number of methoxy groups -OCH3 is 1. The first-order chi connectivity index (χ1) is 13.7. The van der Waals surface area contributed by atoms with Crippen molar-refractivity contribution in [2.45, 2.75) is 51.5 Å². The van der Waals surface area contributed by atoms with Crippen molar-refractivity contribution in [2.75, 3.05) is 13.7 Å². The van der Waals surface area contributed by atoms with E-state index in [1.54, 1.807) is 24.3 Å². The van der Waals surface area contributed by atoms with E-state index in [2.05, 4.69) is 0 Å². The second-order valence-electron chi connectivity index (χ2n) is 6.28. The zero-order valence-corrected chi connectivity index (χ0v) is 16.5. The molecule has 1 N–H and O–H groups in total. The van der Waals surface area contributed by atoms with Gasteiger partial charge in [-0.05, 0) is 24.3 Å². The maximum absolute atomic E-state index is 11.6. The molecule has 10 nitrogen and oxygen atoms in total. The Kier molecular flexibility index (Phi) is 7.80. The number of benzene rings is 1. The molecule has 5 atom stereocenters. The summed E-state index contributed by atoms with van der Waals surface area (Å²) in [5.74, 6) is -1.04. The zero-order chi connectivity index (χ0) is 21.6. The molecule has 1 saturated heterocycles. The van der Waals surface area contributed by atoms with Gasteiger partial charge in [0.05, 0.1) is 7.11 Å². The molecule has 0 amide bonds. The van der Waals surface area contributed by atoms with Gasteiger partial charge in [0.1, 0.15) is 30.3 Å². The van der Waals surface area contributed by atoms with Crippen LogP contribution in [0.4, 0.5) is 0 Å². The lowest BCUT2D eigenvalue weighted by Crippen LogP contribution is -2.62. The number of aliphatic hydroxyl groups excluding tert-OH is 1. The third-order valence-electron chi connectivity index (χ3n) is 3.99. The Hall–Kier alpha value is -2.85. The van der Waals surface area contributed by atoms with Gasteiger partial charge in [-0.1, -0.05) is 0 Å². The van der Waals surface area contributed by atoms with Gasteiger partial charge in [-0.25, -0.2) is 0 Å². The maximum Gasteiger partial charge on any atom is 0.303 e. The van der Waals surface area contributed by atoms with Crippen LogP contribution in [0.3, 0.4) is 0 Å². The number of hydrogen-bond acceptors (Lipinski definition) is 10. The Morgan fingerprint density at radius 2 is 1.48 bits per heavy atom. The Morgan fingerprint density at radius 1 is 0.931 bits per heavy atom. The first-order valence-electron chi connectivity index (χ1n) is 8.83. The van der Waals surface area contributed by atoms with Crippen molar-refractivity contribution in [3.63, 3.8) is 0 Å². The van der Waals surface area contributed by atoms with Crippen LogP contribution in [-0.4, -0.2) is 67.4 Å². The minimum absolute atomic E-state index is 0.316. The minimum atomic E-state index is -1.43. The number of rotatable bonds is 7. The smallest absolute Gasteiger partial charge is 0.303 e. The highest BCUT2D eigenvalue weighted by atomic mass is 16.7. The van der Waals surface area contributed by atoms with Gasteiger partial charge < -0.3 is 33.5 Å². The van der Waals surface area contributed by atoms with Crippen LogP contribution in [0, 0.1) is 0 Å². The van der Waals surface area contributed by atoms with E-state index < -0.39 is 48.6 Å². The fourth-order valence-corrected chi connectivity index (χ4v) is 2.75. The molecule has 1 aromatic rings. The molecule has 0 aliphatic carbocycles. The van der Waals surface area contributed by atoms with Gasteiger partial charge in [0.2, 0.25) is 12.4 Å². The summed E-state index contributed by atoms with van der Waals surface area (Å²) in [6, 6.07) is 6.49. The monoisotopic (exact) mass is 412 g/mol. The molecule has 160 valence electrons. The molecule has 0 radical (unpaired) electrons. The third-order valence-corrected chi connectivity index (χ3v) is 3.99. The van der Waals surface area contributed by atoms with Crippen molar-refractivity contribution in [1.29, 1.82) is 0 Å². The van der Waals surface area contributed by atoms with Crippen LogP contribution in [0.2, 0.25) is 0 Å². The van der Waals surface area contributed by atoms with E-state index in [4.69, 9.17) is 28.4 Å². The van der Waals surface area contributed by atoms with E-state index in [0.717, 1.165) is 13.8 Å². The second kappa shape index (κ2) is 10.1. The molecule has 1 aliphatic heterocycles. The summed E-state index contributed by atoms with van der Waals surface area (Å²) in [6.45, 7) is 3.19. The van der Waals surface area contributed by atoms with E-state index in [0.29, 0.717) is 11.5 Å². The Bertz CT molecular complexity index is 716. The van der Waals surface area contributed by atoms with Crippen LogP contribution in [0.25, 0.3) is 0 Å². The lowest BCUT2D eigenvalue weighted by molar-refractivity contribution is -0.285. The van der Waals surface area contributed by atoms with Crippen molar-refractivity contribution < 1.29 is 47.9 Å². The molecule has 1 fully saturated rings. The molecule has 1 heterocycles. The highest BCUT2D eigenvalue weighted by Gasteiger charge is 2.51. The summed E-state index contributed by atoms with van der Waals surface area (Å²) >= 11 is 0. The molecular weight excluding hydrogens is 388 g/mol. The fraction of sp³-hybridized carbons (Fsp3) is 0.526. The van der Waals surface area contributed by atoms with Gasteiger partial charge in [-0.2, -0.15) is 0 Å². The largest absolute Gasteiger partial charge is 0.497 e. The molecule has 0 aromatic heterocycles. The summed E-state index contributed by atoms with van der Waals surface area (Å²) in [4.78, 5) is 34.3. The molecule has 0 bridgehead atoms. The van der Waals surface area contributed by atoms with Crippen molar-refractivity contribution >= 4 is 17.9 Å². The number of carbonyl (C=O) groups is 3. The van der Waals surface area contributed by atoms with E-state index >= 15 is 0 Å². The van der Waals surface area contributed by atoms with Crippen LogP contribution in [0.15, 0.2) is 24.3 Å². The highest BCUT2D eigenvalue weighted by Crippen LogP contribution is 2.29. The molecule has 0 unspecified atom stereocenters. The fourth-order valence-electron chi connectivity index (χ4n) is 2.75. The first kappa shape index (κ1) is 22.4. The average Bonchev–Trinajstić information content (AvgIpc) is 2.65. The third kappa shape index (κ3) is 6.33. The first-order valence-corrected chi connectivity index (χ1v) is 8.83. The molecule has 1 aromatic carbocycles. The van der Waals surface area contributed by atoms with Gasteiger partial charge in [-0.15, -0.1) is 0 Å². The van der Waals surface area contributed by atoms with Gasteiger partial charge in [0.15, 0.2) is 6.10 Å². The summed E-state index contributed by atoms with van der Waals surface area (Å²) < 4.78 is 31.8. The zero-order valence-electron chi connectivity index (χ0n) is 16.5. The summed E-state index contributed by atoms with van der Waals surface area (Å²) in [6.07, 6.45) is -6.33. The van der Waals surface area contributed by atoms with Crippen molar-refractivity contribution in [1.82, 2.24) is 0 Å². The van der Waals surface area contributed by atoms with E-state index in [9.17, 15) is 19.5 Å². The van der Waals surface area contributed by atoms with Gasteiger partial charge in [-0.3, -0.25) is 14.4 Å². The van der Waals surface area contributed by atoms with E-state index in [1.165, 1.54) is 14.0 Å². The maximum atomic E-state index is 11.6. The highest BCUT2D eigenvalue weighted by molar-refractivity contribution is 5.67. The standard InChI is InChI=1S/C19H24O10/c1-10(20)25-9-15-16(23)17(26-11(2)21)18(27-12(3)22)19(29-15)28-14-7-5-13(24-4)6-8-14/h5-8,15-19,23H,9H2,1-4H3/t15-,16-,17+,18-,19-/m1/s1.